The maximum Gasteiger partial charge on any atom is 0.425 e. The molecule has 7 heteroatoms. The van der Waals surface area contributed by atoms with E-state index in [9.17, 15) is 18.0 Å². The number of amides is 1. The highest BCUT2D eigenvalue weighted by Gasteiger charge is 2.33. The molecule has 3 nitrogen and oxygen atoms in total. The van der Waals surface area contributed by atoms with Crippen molar-refractivity contribution in [2.75, 3.05) is 0 Å². The van der Waals surface area contributed by atoms with E-state index < -0.39 is 17.0 Å². The van der Waals surface area contributed by atoms with Crippen molar-refractivity contribution in [2.45, 2.75) is 19.6 Å². The van der Waals surface area contributed by atoms with Crippen molar-refractivity contribution in [3.05, 3.63) is 51.5 Å². The molecule has 2 aromatic heterocycles. The molecule has 106 valence electrons. The first-order chi connectivity index (χ1) is 9.38. The molecular formula is C13H11F3N2OS. The Morgan fingerprint density at radius 3 is 2.70 bits per heavy atom. The van der Waals surface area contributed by atoms with Gasteiger partial charge in [0.1, 0.15) is 4.88 Å². The third kappa shape index (κ3) is 3.36. The van der Waals surface area contributed by atoms with Crippen LogP contribution in [0.5, 0.6) is 0 Å². The Balaban J connectivity index is 2.02. The molecule has 1 amide bonds. The molecule has 2 heterocycles. The Morgan fingerprint density at radius 1 is 1.35 bits per heavy atom. The molecule has 0 saturated carbocycles. The molecule has 2 rings (SSSR count). The Hall–Kier alpha value is -1.89. The van der Waals surface area contributed by atoms with Crippen LogP contribution in [0.1, 0.15) is 25.7 Å². The number of hydrogen-bond acceptors (Lipinski definition) is 3. The minimum absolute atomic E-state index is 0.0406. The van der Waals surface area contributed by atoms with Crippen molar-refractivity contribution >= 4 is 17.2 Å². The van der Waals surface area contributed by atoms with Crippen molar-refractivity contribution in [2.24, 2.45) is 0 Å². The predicted molar refractivity (Wildman–Crippen MR) is 69.5 cm³/mol. The molecule has 0 aliphatic heterocycles. The van der Waals surface area contributed by atoms with Gasteiger partial charge in [0.2, 0.25) is 0 Å². The summed E-state index contributed by atoms with van der Waals surface area (Å²) in [6.45, 7) is 2.10. The minimum Gasteiger partial charge on any atom is -0.347 e. The van der Waals surface area contributed by atoms with E-state index in [0.717, 1.165) is 17.2 Å². The van der Waals surface area contributed by atoms with Gasteiger partial charge in [0.05, 0.1) is 4.88 Å². The third-order valence-corrected chi connectivity index (χ3v) is 3.82. The van der Waals surface area contributed by atoms with E-state index in [2.05, 4.69) is 10.3 Å². The van der Waals surface area contributed by atoms with Crippen molar-refractivity contribution in [3.8, 4) is 0 Å². The fraction of sp³-hybridized carbons (Fsp3) is 0.231. The third-order valence-electron chi connectivity index (χ3n) is 2.70. The molecule has 0 atom stereocenters. The van der Waals surface area contributed by atoms with Crippen LogP contribution in [-0.2, 0) is 12.7 Å². The first kappa shape index (κ1) is 14.5. The minimum atomic E-state index is -4.41. The molecule has 0 saturated heterocycles. The van der Waals surface area contributed by atoms with Crippen LogP contribution in [0.4, 0.5) is 13.2 Å². The van der Waals surface area contributed by atoms with Gasteiger partial charge < -0.3 is 5.32 Å². The van der Waals surface area contributed by atoms with Crippen LogP contribution in [0, 0.1) is 6.92 Å². The average Bonchev–Trinajstić information content (AvgIpc) is 2.87. The summed E-state index contributed by atoms with van der Waals surface area (Å²) in [5.41, 5.74) is 1.79. The Kier molecular flexibility index (Phi) is 4.08. The van der Waals surface area contributed by atoms with Gasteiger partial charge in [0, 0.05) is 18.9 Å². The number of thiophene rings is 1. The summed E-state index contributed by atoms with van der Waals surface area (Å²) in [4.78, 5) is 15.0. The van der Waals surface area contributed by atoms with Gasteiger partial charge in [-0.25, -0.2) is 0 Å². The quantitative estimate of drug-likeness (QED) is 0.944. The molecule has 0 aliphatic rings. The maximum absolute atomic E-state index is 12.4. The molecule has 0 aliphatic carbocycles. The number of aryl methyl sites for hydroxylation is 1. The van der Waals surface area contributed by atoms with E-state index in [1.165, 1.54) is 6.07 Å². The van der Waals surface area contributed by atoms with Crippen LogP contribution >= 0.6 is 11.3 Å². The van der Waals surface area contributed by atoms with Gasteiger partial charge in [-0.1, -0.05) is 0 Å². The number of aromatic nitrogens is 1. The second kappa shape index (κ2) is 5.62. The zero-order valence-electron chi connectivity index (χ0n) is 10.5. The lowest BCUT2D eigenvalue weighted by molar-refractivity contribution is -0.134. The van der Waals surface area contributed by atoms with Crippen LogP contribution in [0.2, 0.25) is 0 Å². The molecule has 20 heavy (non-hydrogen) atoms. The molecule has 0 unspecified atom stereocenters. The summed E-state index contributed by atoms with van der Waals surface area (Å²) >= 11 is 0.435. The van der Waals surface area contributed by atoms with E-state index in [1.807, 2.05) is 6.92 Å². The number of carbonyl (C=O) groups excluding carboxylic acids is 1. The Labute approximate surface area is 117 Å². The number of carbonyl (C=O) groups is 1. The average molecular weight is 300 g/mol. The lowest BCUT2D eigenvalue weighted by Gasteiger charge is -2.06. The summed E-state index contributed by atoms with van der Waals surface area (Å²) in [5.74, 6) is -0.520. The summed E-state index contributed by atoms with van der Waals surface area (Å²) in [6.07, 6.45) is -1.16. The molecule has 0 fully saturated rings. The number of hydrogen-bond donors (Lipinski definition) is 1. The highest BCUT2D eigenvalue weighted by atomic mass is 32.1. The highest BCUT2D eigenvalue weighted by Crippen LogP contribution is 2.34. The molecule has 2 aromatic rings. The number of rotatable bonds is 3. The first-order valence-electron chi connectivity index (χ1n) is 5.72. The molecule has 0 spiro atoms. The second-order valence-corrected chi connectivity index (χ2v) is 5.23. The van der Waals surface area contributed by atoms with Crippen LogP contribution in [0.3, 0.4) is 0 Å². The number of nitrogens with one attached hydrogen (secondary N) is 1. The normalized spacial score (nSPS) is 11.4. The largest absolute Gasteiger partial charge is 0.425 e. The maximum atomic E-state index is 12.4. The summed E-state index contributed by atoms with van der Waals surface area (Å²) in [5, 5.41) is 2.58. The second-order valence-electron chi connectivity index (χ2n) is 4.15. The van der Waals surface area contributed by atoms with Crippen molar-refractivity contribution < 1.29 is 18.0 Å². The Morgan fingerprint density at radius 2 is 2.10 bits per heavy atom. The fourth-order valence-electron chi connectivity index (χ4n) is 1.56. The van der Waals surface area contributed by atoms with Gasteiger partial charge in [0.25, 0.3) is 5.91 Å². The van der Waals surface area contributed by atoms with E-state index >= 15 is 0 Å². The van der Waals surface area contributed by atoms with E-state index in [-0.39, 0.29) is 11.4 Å². The summed E-state index contributed by atoms with van der Waals surface area (Å²) < 4.78 is 37.3. The summed E-state index contributed by atoms with van der Waals surface area (Å²) in [6, 6.07) is 3.89. The Bertz CT molecular complexity index is 622. The zero-order chi connectivity index (χ0) is 14.8. The van der Waals surface area contributed by atoms with Gasteiger partial charge in [-0.05, 0) is 36.2 Å². The topological polar surface area (TPSA) is 42.0 Å². The SMILES string of the molecule is Cc1ccncc1CNC(=O)c1ccc(C(F)(F)F)s1. The van der Waals surface area contributed by atoms with E-state index in [1.54, 1.807) is 18.5 Å². The number of halogens is 3. The number of pyridine rings is 1. The van der Waals surface area contributed by atoms with Crippen LogP contribution < -0.4 is 5.32 Å². The van der Waals surface area contributed by atoms with Crippen molar-refractivity contribution in [3.63, 3.8) is 0 Å². The van der Waals surface area contributed by atoms with Crippen molar-refractivity contribution in [1.82, 2.24) is 10.3 Å². The monoisotopic (exact) mass is 300 g/mol. The van der Waals surface area contributed by atoms with E-state index in [4.69, 9.17) is 0 Å². The molecule has 1 N–H and O–H groups in total. The van der Waals surface area contributed by atoms with Gasteiger partial charge >= 0.3 is 6.18 Å². The van der Waals surface area contributed by atoms with Gasteiger partial charge in [0.15, 0.2) is 0 Å². The fourth-order valence-corrected chi connectivity index (χ4v) is 2.35. The smallest absolute Gasteiger partial charge is 0.347 e. The lowest BCUT2D eigenvalue weighted by Crippen LogP contribution is -2.22. The first-order valence-corrected chi connectivity index (χ1v) is 6.54. The molecule has 0 radical (unpaired) electrons. The van der Waals surface area contributed by atoms with E-state index in [0.29, 0.717) is 11.3 Å². The van der Waals surface area contributed by atoms with Crippen LogP contribution in [0.15, 0.2) is 30.6 Å². The van der Waals surface area contributed by atoms with Crippen molar-refractivity contribution in [1.29, 1.82) is 0 Å². The number of nitrogens with zero attached hydrogens (tertiary/aromatic N) is 1. The highest BCUT2D eigenvalue weighted by molar-refractivity contribution is 7.14. The van der Waals surface area contributed by atoms with Crippen LogP contribution in [0.25, 0.3) is 0 Å². The van der Waals surface area contributed by atoms with Gasteiger partial charge in [-0.3, -0.25) is 9.78 Å². The van der Waals surface area contributed by atoms with Gasteiger partial charge in [-0.15, -0.1) is 11.3 Å². The molecular weight excluding hydrogens is 289 g/mol. The van der Waals surface area contributed by atoms with Gasteiger partial charge in [-0.2, -0.15) is 13.2 Å². The zero-order valence-corrected chi connectivity index (χ0v) is 11.3. The van der Waals surface area contributed by atoms with Crippen LogP contribution in [-0.4, -0.2) is 10.9 Å². The standard InChI is InChI=1S/C13H11F3N2OS/c1-8-4-5-17-6-9(8)7-18-12(19)10-2-3-11(20-10)13(14,15)16/h2-6H,7H2,1H3,(H,18,19). The summed E-state index contributed by atoms with van der Waals surface area (Å²) in [7, 11) is 0. The lowest BCUT2D eigenvalue weighted by atomic mass is 10.1. The predicted octanol–water partition coefficient (Wildman–Crippen LogP) is 3.40. The molecule has 0 aromatic carbocycles. The molecule has 0 bridgehead atoms. The number of alkyl halides is 3.